The number of nitrogens with zero attached hydrogens (tertiary/aromatic N) is 3. The fourth-order valence-corrected chi connectivity index (χ4v) is 2.20. The number of halogens is 2. The molecule has 2 aromatic rings. The molecule has 1 unspecified atom stereocenters. The summed E-state index contributed by atoms with van der Waals surface area (Å²) < 4.78 is 2.39. The van der Waals surface area contributed by atoms with Gasteiger partial charge < -0.3 is 5.11 Å². The first-order valence-electron chi connectivity index (χ1n) is 4.57. The summed E-state index contributed by atoms with van der Waals surface area (Å²) in [6.07, 6.45) is 0.698. The standard InChI is InChI=1S/C10H9BrClN3O/c1-15-9(5-13-14-15)10(16)7-3-2-6(11)4-8(7)12/h2-5,10,16H,1H3. The molecule has 0 aliphatic heterocycles. The molecule has 6 heteroatoms. The maximum Gasteiger partial charge on any atom is 0.124 e. The van der Waals surface area contributed by atoms with Crippen LogP contribution in [0.5, 0.6) is 0 Å². The van der Waals surface area contributed by atoms with Crippen molar-refractivity contribution in [2.75, 3.05) is 0 Å². The predicted molar refractivity (Wildman–Crippen MR) is 64.2 cm³/mol. The molecule has 1 atom stereocenters. The third-order valence-electron chi connectivity index (χ3n) is 2.29. The second kappa shape index (κ2) is 4.53. The van der Waals surface area contributed by atoms with Crippen LogP contribution in [0, 0.1) is 0 Å². The molecule has 0 aliphatic rings. The minimum atomic E-state index is -0.819. The van der Waals surface area contributed by atoms with Gasteiger partial charge in [-0.1, -0.05) is 38.8 Å². The summed E-state index contributed by atoms with van der Waals surface area (Å²) in [6.45, 7) is 0. The first-order chi connectivity index (χ1) is 7.59. The second-order valence-electron chi connectivity index (χ2n) is 3.35. The molecule has 1 aromatic carbocycles. The predicted octanol–water partition coefficient (Wildman–Crippen LogP) is 2.31. The number of aryl methyl sites for hydroxylation is 1. The van der Waals surface area contributed by atoms with Gasteiger partial charge in [0.25, 0.3) is 0 Å². The molecule has 0 amide bonds. The maximum atomic E-state index is 10.1. The molecule has 16 heavy (non-hydrogen) atoms. The van der Waals surface area contributed by atoms with Gasteiger partial charge in [-0.3, -0.25) is 0 Å². The molecule has 0 fully saturated rings. The molecule has 0 spiro atoms. The average molecular weight is 303 g/mol. The highest BCUT2D eigenvalue weighted by Crippen LogP contribution is 2.29. The summed E-state index contributed by atoms with van der Waals surface area (Å²) in [6, 6.07) is 5.34. The van der Waals surface area contributed by atoms with Crippen LogP contribution in [-0.2, 0) is 7.05 Å². The van der Waals surface area contributed by atoms with Gasteiger partial charge in [-0.15, -0.1) is 5.10 Å². The Morgan fingerprint density at radius 3 is 2.81 bits per heavy atom. The summed E-state index contributed by atoms with van der Waals surface area (Å²) in [7, 11) is 1.72. The Labute approximate surface area is 106 Å². The first-order valence-corrected chi connectivity index (χ1v) is 5.74. The molecule has 0 radical (unpaired) electrons. The van der Waals surface area contributed by atoms with Gasteiger partial charge in [-0.2, -0.15) is 0 Å². The monoisotopic (exact) mass is 301 g/mol. The topological polar surface area (TPSA) is 50.9 Å². The van der Waals surface area contributed by atoms with Crippen molar-refractivity contribution in [3.05, 3.63) is 45.1 Å². The van der Waals surface area contributed by atoms with Gasteiger partial charge in [-0.25, -0.2) is 4.68 Å². The van der Waals surface area contributed by atoms with E-state index in [1.807, 2.05) is 6.07 Å². The third kappa shape index (κ3) is 2.11. The largest absolute Gasteiger partial charge is 0.382 e. The highest BCUT2D eigenvalue weighted by atomic mass is 79.9. The van der Waals surface area contributed by atoms with Crippen LogP contribution in [0.15, 0.2) is 28.9 Å². The van der Waals surface area contributed by atoms with Crippen molar-refractivity contribution in [3.63, 3.8) is 0 Å². The van der Waals surface area contributed by atoms with Gasteiger partial charge >= 0.3 is 0 Å². The van der Waals surface area contributed by atoms with E-state index in [0.29, 0.717) is 16.3 Å². The molecule has 0 aliphatic carbocycles. The zero-order valence-corrected chi connectivity index (χ0v) is 10.8. The summed E-state index contributed by atoms with van der Waals surface area (Å²) in [4.78, 5) is 0. The van der Waals surface area contributed by atoms with Crippen molar-refractivity contribution in [2.24, 2.45) is 7.05 Å². The molecule has 1 heterocycles. The van der Waals surface area contributed by atoms with Crippen molar-refractivity contribution < 1.29 is 5.11 Å². The van der Waals surface area contributed by atoms with Crippen molar-refractivity contribution in [1.82, 2.24) is 15.0 Å². The Morgan fingerprint density at radius 1 is 1.50 bits per heavy atom. The fraction of sp³-hybridized carbons (Fsp3) is 0.200. The summed E-state index contributed by atoms with van der Waals surface area (Å²) in [5, 5.41) is 18.1. The van der Waals surface area contributed by atoms with E-state index < -0.39 is 6.10 Å². The minimum Gasteiger partial charge on any atom is -0.382 e. The molecule has 84 valence electrons. The summed E-state index contributed by atoms with van der Waals surface area (Å²) in [5.41, 5.74) is 1.24. The van der Waals surface area contributed by atoms with Gasteiger partial charge in [0.15, 0.2) is 0 Å². The third-order valence-corrected chi connectivity index (χ3v) is 3.11. The van der Waals surface area contributed by atoms with E-state index >= 15 is 0 Å². The lowest BCUT2D eigenvalue weighted by molar-refractivity contribution is 0.210. The van der Waals surface area contributed by atoms with Crippen molar-refractivity contribution in [3.8, 4) is 0 Å². The normalized spacial score (nSPS) is 12.8. The van der Waals surface area contributed by atoms with E-state index in [1.54, 1.807) is 19.2 Å². The minimum absolute atomic E-state index is 0.503. The van der Waals surface area contributed by atoms with E-state index in [9.17, 15) is 5.11 Å². The van der Waals surface area contributed by atoms with Crippen LogP contribution < -0.4 is 0 Å². The van der Waals surface area contributed by atoms with Crippen LogP contribution >= 0.6 is 27.5 Å². The zero-order valence-electron chi connectivity index (χ0n) is 8.43. The molecule has 1 N–H and O–H groups in total. The van der Waals surface area contributed by atoms with Crippen LogP contribution in [0.2, 0.25) is 5.02 Å². The van der Waals surface area contributed by atoms with Crippen LogP contribution in [0.4, 0.5) is 0 Å². The Hall–Kier alpha value is -0.910. The van der Waals surface area contributed by atoms with Crippen LogP contribution in [0.1, 0.15) is 17.4 Å². The van der Waals surface area contributed by atoms with Gasteiger partial charge in [0.2, 0.25) is 0 Å². The lowest BCUT2D eigenvalue weighted by Gasteiger charge is -2.12. The molecular formula is C10H9BrClN3O. The van der Waals surface area contributed by atoms with E-state index in [2.05, 4.69) is 26.2 Å². The quantitative estimate of drug-likeness (QED) is 0.926. The smallest absolute Gasteiger partial charge is 0.124 e. The van der Waals surface area contributed by atoms with Crippen LogP contribution in [0.3, 0.4) is 0 Å². The van der Waals surface area contributed by atoms with Crippen molar-refractivity contribution in [2.45, 2.75) is 6.10 Å². The number of hydrogen-bond donors (Lipinski definition) is 1. The molecule has 0 saturated heterocycles. The van der Waals surface area contributed by atoms with E-state index in [0.717, 1.165) is 4.47 Å². The Morgan fingerprint density at radius 2 is 2.25 bits per heavy atom. The Kier molecular flexibility index (Phi) is 3.28. The second-order valence-corrected chi connectivity index (χ2v) is 4.67. The zero-order chi connectivity index (χ0) is 11.7. The SMILES string of the molecule is Cn1nncc1C(O)c1ccc(Br)cc1Cl. The molecule has 4 nitrogen and oxygen atoms in total. The Bertz CT molecular complexity index is 515. The summed E-state index contributed by atoms with van der Waals surface area (Å²) >= 11 is 9.37. The van der Waals surface area contributed by atoms with E-state index in [-0.39, 0.29) is 0 Å². The van der Waals surface area contributed by atoms with Gasteiger partial charge in [0.05, 0.1) is 11.9 Å². The lowest BCUT2D eigenvalue weighted by Crippen LogP contribution is -2.07. The van der Waals surface area contributed by atoms with Crippen molar-refractivity contribution >= 4 is 27.5 Å². The molecule has 0 bridgehead atoms. The van der Waals surface area contributed by atoms with Gasteiger partial charge in [-0.05, 0) is 12.1 Å². The number of hydrogen-bond acceptors (Lipinski definition) is 3. The highest BCUT2D eigenvalue weighted by Gasteiger charge is 2.17. The average Bonchev–Trinajstić information content (AvgIpc) is 2.63. The maximum absolute atomic E-state index is 10.1. The Balaban J connectivity index is 2.41. The van der Waals surface area contributed by atoms with E-state index in [4.69, 9.17) is 11.6 Å². The first kappa shape index (κ1) is 11.6. The number of aliphatic hydroxyl groups excluding tert-OH is 1. The number of benzene rings is 1. The number of aliphatic hydroxyl groups is 1. The number of aromatic nitrogens is 3. The number of rotatable bonds is 2. The van der Waals surface area contributed by atoms with Crippen molar-refractivity contribution in [1.29, 1.82) is 0 Å². The van der Waals surface area contributed by atoms with Crippen LogP contribution in [-0.4, -0.2) is 20.1 Å². The lowest BCUT2D eigenvalue weighted by atomic mass is 10.1. The summed E-state index contributed by atoms with van der Waals surface area (Å²) in [5.74, 6) is 0. The highest BCUT2D eigenvalue weighted by molar-refractivity contribution is 9.10. The fourth-order valence-electron chi connectivity index (χ4n) is 1.43. The molecule has 1 aromatic heterocycles. The van der Waals surface area contributed by atoms with Crippen LogP contribution in [0.25, 0.3) is 0 Å². The molecule has 0 saturated carbocycles. The molecule has 2 rings (SSSR count). The van der Waals surface area contributed by atoms with Gasteiger partial charge in [0.1, 0.15) is 6.10 Å². The van der Waals surface area contributed by atoms with E-state index in [1.165, 1.54) is 10.9 Å². The molecular weight excluding hydrogens is 293 g/mol. The van der Waals surface area contributed by atoms with Gasteiger partial charge in [0, 0.05) is 22.1 Å².